The van der Waals surface area contributed by atoms with Crippen molar-refractivity contribution >= 4 is 28.3 Å². The lowest BCUT2D eigenvalue weighted by Crippen LogP contribution is -2.21. The molecular weight excluding hydrogens is 398 g/mol. The van der Waals surface area contributed by atoms with E-state index in [9.17, 15) is 13.6 Å². The molecule has 4 aromatic rings. The standard InChI is InChI=1S/C24H20F2N4O/c25-22(26)23-27-19-10-9-16(13-20(19)28-23)24(31)29-18-7-3-1-6-17(18)14-30-12-11-15-5-2-4-8-21(15)30/h1-10,13,22H,11-12,14H2,(H,27,28)(H,29,31). The summed E-state index contributed by atoms with van der Waals surface area (Å²) >= 11 is 0. The quantitative estimate of drug-likeness (QED) is 0.461. The van der Waals surface area contributed by atoms with Crippen LogP contribution in [0.2, 0.25) is 0 Å². The van der Waals surface area contributed by atoms with E-state index in [0.29, 0.717) is 23.1 Å². The molecule has 31 heavy (non-hydrogen) atoms. The molecule has 0 atom stereocenters. The van der Waals surface area contributed by atoms with Crippen LogP contribution in [0.3, 0.4) is 0 Å². The second kappa shape index (κ2) is 7.83. The molecule has 0 saturated carbocycles. The molecule has 1 aliphatic rings. The monoisotopic (exact) mass is 418 g/mol. The smallest absolute Gasteiger partial charge is 0.295 e. The van der Waals surface area contributed by atoms with Gasteiger partial charge in [0.15, 0.2) is 5.82 Å². The molecule has 0 spiro atoms. The number of aromatic amines is 1. The number of amides is 1. The maximum absolute atomic E-state index is 12.9. The van der Waals surface area contributed by atoms with Gasteiger partial charge in [-0.25, -0.2) is 13.8 Å². The van der Waals surface area contributed by atoms with E-state index < -0.39 is 12.2 Å². The number of aromatic nitrogens is 2. The highest BCUT2D eigenvalue weighted by atomic mass is 19.3. The number of alkyl halides is 2. The summed E-state index contributed by atoms with van der Waals surface area (Å²) in [6, 6.07) is 20.8. The second-order valence-electron chi connectivity index (χ2n) is 7.57. The van der Waals surface area contributed by atoms with Crippen LogP contribution in [0.4, 0.5) is 20.2 Å². The minimum absolute atomic E-state index is 0.302. The van der Waals surface area contributed by atoms with Gasteiger partial charge in [-0.05, 0) is 47.9 Å². The molecular formula is C24H20F2N4O. The average molecular weight is 418 g/mol. The molecule has 0 unspecified atom stereocenters. The number of carbonyl (C=O) groups excluding carboxylic acids is 1. The van der Waals surface area contributed by atoms with Crippen molar-refractivity contribution in [3.05, 3.63) is 89.2 Å². The van der Waals surface area contributed by atoms with Crippen molar-refractivity contribution in [2.24, 2.45) is 0 Å². The van der Waals surface area contributed by atoms with Gasteiger partial charge >= 0.3 is 0 Å². The lowest BCUT2D eigenvalue weighted by atomic mass is 10.1. The number of hydrogen-bond acceptors (Lipinski definition) is 3. The van der Waals surface area contributed by atoms with Crippen LogP contribution in [0.25, 0.3) is 11.0 Å². The van der Waals surface area contributed by atoms with E-state index >= 15 is 0 Å². The van der Waals surface area contributed by atoms with E-state index in [1.54, 1.807) is 18.2 Å². The summed E-state index contributed by atoms with van der Waals surface area (Å²) in [6.45, 7) is 1.62. The molecule has 0 aliphatic carbocycles. The van der Waals surface area contributed by atoms with Crippen molar-refractivity contribution in [1.29, 1.82) is 0 Å². The van der Waals surface area contributed by atoms with Crippen LogP contribution in [0.5, 0.6) is 0 Å². The molecule has 5 rings (SSSR count). The molecule has 7 heteroatoms. The van der Waals surface area contributed by atoms with Gasteiger partial charge in [0.25, 0.3) is 12.3 Å². The van der Waals surface area contributed by atoms with Crippen molar-refractivity contribution in [3.63, 3.8) is 0 Å². The van der Waals surface area contributed by atoms with Gasteiger partial charge in [-0.1, -0.05) is 36.4 Å². The Balaban J connectivity index is 1.37. The molecule has 0 saturated heterocycles. The Bertz CT molecular complexity index is 1270. The predicted octanol–water partition coefficient (Wildman–Crippen LogP) is 5.32. The molecule has 5 nitrogen and oxygen atoms in total. The third-order valence-corrected chi connectivity index (χ3v) is 5.58. The fourth-order valence-corrected chi connectivity index (χ4v) is 4.02. The van der Waals surface area contributed by atoms with Crippen molar-refractivity contribution in [2.45, 2.75) is 19.4 Å². The molecule has 1 amide bonds. The SMILES string of the molecule is O=C(Nc1ccccc1CN1CCc2ccccc21)c1ccc2nc(C(F)F)[nH]c2c1. The maximum atomic E-state index is 12.9. The largest absolute Gasteiger partial charge is 0.367 e. The minimum atomic E-state index is -2.69. The second-order valence-corrected chi connectivity index (χ2v) is 7.57. The zero-order valence-electron chi connectivity index (χ0n) is 16.6. The number of hydrogen-bond donors (Lipinski definition) is 2. The number of halogens is 2. The van der Waals surface area contributed by atoms with Crippen LogP contribution in [0, 0.1) is 0 Å². The molecule has 0 bridgehead atoms. The number of anilines is 2. The number of H-pyrrole nitrogens is 1. The first-order valence-electron chi connectivity index (χ1n) is 10.1. The zero-order valence-corrected chi connectivity index (χ0v) is 16.6. The van der Waals surface area contributed by atoms with E-state index in [2.05, 4.69) is 38.4 Å². The Morgan fingerprint density at radius 2 is 1.90 bits per heavy atom. The van der Waals surface area contributed by atoms with Crippen LogP contribution in [0.15, 0.2) is 66.7 Å². The lowest BCUT2D eigenvalue weighted by Gasteiger charge is -2.21. The van der Waals surface area contributed by atoms with E-state index in [1.807, 2.05) is 30.3 Å². The molecule has 2 N–H and O–H groups in total. The molecule has 1 aromatic heterocycles. The van der Waals surface area contributed by atoms with Crippen molar-refractivity contribution in [1.82, 2.24) is 9.97 Å². The van der Waals surface area contributed by atoms with Gasteiger partial charge in [-0.2, -0.15) is 0 Å². The van der Waals surface area contributed by atoms with Crippen LogP contribution in [-0.2, 0) is 13.0 Å². The van der Waals surface area contributed by atoms with Gasteiger partial charge in [0.1, 0.15) is 0 Å². The summed E-state index contributed by atoms with van der Waals surface area (Å²) in [4.78, 5) is 21.6. The zero-order chi connectivity index (χ0) is 21.4. The summed E-state index contributed by atoms with van der Waals surface area (Å²) in [5.74, 6) is -0.701. The number of nitrogens with one attached hydrogen (secondary N) is 2. The number of rotatable bonds is 5. The number of benzene rings is 3. The van der Waals surface area contributed by atoms with Crippen LogP contribution < -0.4 is 10.2 Å². The summed E-state index contributed by atoms with van der Waals surface area (Å²) in [5, 5.41) is 2.97. The average Bonchev–Trinajstić information content (AvgIpc) is 3.39. The molecule has 1 aliphatic heterocycles. The number of nitrogens with zero attached hydrogens (tertiary/aromatic N) is 2. The number of para-hydroxylation sites is 2. The highest BCUT2D eigenvalue weighted by Gasteiger charge is 2.20. The Hall–Kier alpha value is -3.74. The maximum Gasteiger partial charge on any atom is 0.295 e. The normalized spacial score (nSPS) is 13.1. The number of carbonyl (C=O) groups is 1. The summed E-state index contributed by atoms with van der Waals surface area (Å²) in [5.41, 5.74) is 5.48. The van der Waals surface area contributed by atoms with E-state index in [-0.39, 0.29) is 5.91 Å². The van der Waals surface area contributed by atoms with Gasteiger partial charge in [-0.15, -0.1) is 0 Å². The Morgan fingerprint density at radius 1 is 1.10 bits per heavy atom. The van der Waals surface area contributed by atoms with Crippen LogP contribution in [-0.4, -0.2) is 22.4 Å². The van der Waals surface area contributed by atoms with E-state index in [0.717, 1.165) is 24.2 Å². The first-order valence-corrected chi connectivity index (χ1v) is 10.1. The van der Waals surface area contributed by atoms with Gasteiger partial charge in [0.05, 0.1) is 11.0 Å². The molecule has 3 aromatic carbocycles. The highest BCUT2D eigenvalue weighted by Crippen LogP contribution is 2.30. The third kappa shape index (κ3) is 3.74. The van der Waals surface area contributed by atoms with Crippen LogP contribution in [0.1, 0.15) is 33.7 Å². The molecule has 2 heterocycles. The predicted molar refractivity (Wildman–Crippen MR) is 117 cm³/mol. The lowest BCUT2D eigenvalue weighted by molar-refractivity contribution is 0.102. The number of fused-ring (bicyclic) bond motifs is 2. The van der Waals surface area contributed by atoms with Gasteiger partial charge < -0.3 is 15.2 Å². The highest BCUT2D eigenvalue weighted by molar-refractivity contribution is 6.06. The minimum Gasteiger partial charge on any atom is -0.367 e. The Labute approximate surface area is 177 Å². The first kappa shape index (κ1) is 19.2. The fraction of sp³-hybridized carbons (Fsp3) is 0.167. The van der Waals surface area contributed by atoms with Crippen molar-refractivity contribution in [2.75, 3.05) is 16.8 Å². The summed E-state index contributed by atoms with van der Waals surface area (Å²) in [7, 11) is 0. The molecule has 0 radical (unpaired) electrons. The van der Waals surface area contributed by atoms with Gasteiger partial charge in [0, 0.05) is 30.0 Å². The van der Waals surface area contributed by atoms with Crippen molar-refractivity contribution < 1.29 is 13.6 Å². The molecule has 156 valence electrons. The third-order valence-electron chi connectivity index (χ3n) is 5.58. The van der Waals surface area contributed by atoms with Gasteiger partial charge in [-0.3, -0.25) is 4.79 Å². The Morgan fingerprint density at radius 3 is 2.77 bits per heavy atom. The fourth-order valence-electron chi connectivity index (χ4n) is 4.02. The Kier molecular flexibility index (Phi) is 4.86. The van der Waals surface area contributed by atoms with E-state index in [1.165, 1.54) is 11.3 Å². The van der Waals surface area contributed by atoms with Crippen LogP contribution >= 0.6 is 0 Å². The first-order chi connectivity index (χ1) is 15.1. The number of imidazole rings is 1. The topological polar surface area (TPSA) is 61.0 Å². The summed E-state index contributed by atoms with van der Waals surface area (Å²) in [6.07, 6.45) is -1.68. The summed E-state index contributed by atoms with van der Waals surface area (Å²) < 4.78 is 25.8. The molecule has 0 fully saturated rings. The van der Waals surface area contributed by atoms with Gasteiger partial charge in [0.2, 0.25) is 0 Å². The van der Waals surface area contributed by atoms with E-state index in [4.69, 9.17) is 0 Å². The van der Waals surface area contributed by atoms with Crippen molar-refractivity contribution in [3.8, 4) is 0 Å².